The molecule has 1 aliphatic heterocycles. The fourth-order valence-corrected chi connectivity index (χ4v) is 3.83. The average Bonchev–Trinajstić information content (AvgIpc) is 2.82. The molecule has 0 N–H and O–H groups in total. The van der Waals surface area contributed by atoms with E-state index in [0.717, 1.165) is 12.0 Å². The number of hydrogen-bond acceptors (Lipinski definition) is 3. The maximum absolute atomic E-state index is 13.1. The Hall–Kier alpha value is -3.47. The van der Waals surface area contributed by atoms with Crippen LogP contribution in [0.4, 0.5) is 0 Å². The molecule has 0 spiro atoms. The van der Waals surface area contributed by atoms with Crippen LogP contribution < -0.4 is 0 Å². The lowest BCUT2D eigenvalue weighted by atomic mass is 9.99. The Morgan fingerprint density at radius 1 is 1.00 bits per heavy atom. The van der Waals surface area contributed by atoms with E-state index in [1.54, 1.807) is 28.1 Å². The first-order valence-electron chi connectivity index (χ1n) is 10.3. The van der Waals surface area contributed by atoms with Crippen molar-refractivity contribution in [2.75, 3.05) is 13.1 Å². The van der Waals surface area contributed by atoms with Crippen molar-refractivity contribution in [3.63, 3.8) is 0 Å². The normalized spacial score (nSPS) is 12.9. The van der Waals surface area contributed by atoms with Crippen LogP contribution in [0.2, 0.25) is 0 Å². The van der Waals surface area contributed by atoms with Crippen molar-refractivity contribution in [3.8, 4) is 0 Å². The zero-order chi connectivity index (χ0) is 20.9. The van der Waals surface area contributed by atoms with Crippen LogP contribution in [-0.4, -0.2) is 39.7 Å². The van der Waals surface area contributed by atoms with Crippen molar-refractivity contribution in [2.45, 2.75) is 26.4 Å². The van der Waals surface area contributed by atoms with Gasteiger partial charge in [0.05, 0.1) is 0 Å². The molecular formula is C25H25N3O2. The first kappa shape index (κ1) is 19.8. The number of amides is 2. The molecule has 0 unspecified atom stereocenters. The van der Waals surface area contributed by atoms with E-state index in [9.17, 15) is 9.59 Å². The molecule has 0 saturated carbocycles. The molecule has 0 atom stereocenters. The summed E-state index contributed by atoms with van der Waals surface area (Å²) in [5, 5.41) is 0. The van der Waals surface area contributed by atoms with Crippen LogP contribution in [0.25, 0.3) is 0 Å². The summed E-state index contributed by atoms with van der Waals surface area (Å²) in [7, 11) is 0. The van der Waals surface area contributed by atoms with E-state index in [0.29, 0.717) is 37.4 Å². The molecule has 5 heteroatoms. The molecule has 2 aromatic carbocycles. The average molecular weight is 399 g/mol. The van der Waals surface area contributed by atoms with E-state index >= 15 is 0 Å². The van der Waals surface area contributed by atoms with Gasteiger partial charge in [-0.05, 0) is 42.2 Å². The second-order valence-electron chi connectivity index (χ2n) is 7.48. The third-order valence-electron chi connectivity index (χ3n) is 5.53. The monoisotopic (exact) mass is 399 g/mol. The second kappa shape index (κ2) is 8.91. The van der Waals surface area contributed by atoms with E-state index in [1.807, 2.05) is 49.4 Å². The molecule has 1 aromatic heterocycles. The zero-order valence-corrected chi connectivity index (χ0v) is 17.1. The molecule has 152 valence electrons. The van der Waals surface area contributed by atoms with Crippen molar-refractivity contribution < 1.29 is 9.59 Å². The van der Waals surface area contributed by atoms with Gasteiger partial charge in [-0.1, -0.05) is 54.6 Å². The second-order valence-corrected chi connectivity index (χ2v) is 7.48. The maximum Gasteiger partial charge on any atom is 0.272 e. The number of carbonyl (C=O) groups is 2. The smallest absolute Gasteiger partial charge is 0.272 e. The topological polar surface area (TPSA) is 53.5 Å². The molecule has 0 aliphatic carbocycles. The fourth-order valence-electron chi connectivity index (χ4n) is 3.83. The van der Waals surface area contributed by atoms with Gasteiger partial charge >= 0.3 is 0 Å². The van der Waals surface area contributed by atoms with Gasteiger partial charge in [-0.25, -0.2) is 0 Å². The van der Waals surface area contributed by atoms with E-state index in [1.165, 1.54) is 11.1 Å². The highest BCUT2D eigenvalue weighted by Gasteiger charge is 2.24. The molecule has 0 fully saturated rings. The lowest BCUT2D eigenvalue weighted by molar-refractivity contribution is 0.0728. The molecule has 2 amide bonds. The van der Waals surface area contributed by atoms with E-state index in [2.05, 4.69) is 17.1 Å². The SMILES string of the molecule is CCN(Cc1ccccc1)C(=O)c1ccnc(C(=O)N2CCc3ccccc3C2)c1. The van der Waals surface area contributed by atoms with Crippen LogP contribution in [0, 0.1) is 0 Å². The number of fused-ring (bicyclic) bond motifs is 1. The minimum absolute atomic E-state index is 0.0956. The Morgan fingerprint density at radius 2 is 1.73 bits per heavy atom. The summed E-state index contributed by atoms with van der Waals surface area (Å²) in [5.41, 5.74) is 4.34. The number of pyridine rings is 1. The first-order chi connectivity index (χ1) is 14.7. The van der Waals surface area contributed by atoms with Crippen molar-refractivity contribution in [1.82, 2.24) is 14.8 Å². The molecule has 0 saturated heterocycles. The summed E-state index contributed by atoms with van der Waals surface area (Å²) in [5.74, 6) is -0.230. The summed E-state index contributed by atoms with van der Waals surface area (Å²) >= 11 is 0. The minimum Gasteiger partial charge on any atom is -0.335 e. The maximum atomic E-state index is 13.1. The van der Waals surface area contributed by atoms with Gasteiger partial charge in [0.2, 0.25) is 0 Å². The standard InChI is InChI=1S/C25H25N3O2/c1-2-27(17-19-8-4-3-5-9-19)24(29)21-12-14-26-23(16-21)25(30)28-15-13-20-10-6-7-11-22(20)18-28/h3-12,14,16H,2,13,15,17-18H2,1H3. The fraction of sp³-hybridized carbons (Fsp3) is 0.240. The van der Waals surface area contributed by atoms with Gasteiger partial charge in [-0.15, -0.1) is 0 Å². The Balaban J connectivity index is 1.50. The number of rotatable bonds is 5. The van der Waals surface area contributed by atoms with Gasteiger partial charge < -0.3 is 9.80 Å². The largest absolute Gasteiger partial charge is 0.335 e. The van der Waals surface area contributed by atoms with Gasteiger partial charge in [0.25, 0.3) is 11.8 Å². The third-order valence-corrected chi connectivity index (χ3v) is 5.53. The third kappa shape index (κ3) is 4.25. The summed E-state index contributed by atoms with van der Waals surface area (Å²) < 4.78 is 0. The summed E-state index contributed by atoms with van der Waals surface area (Å²) in [4.78, 5) is 34.0. The van der Waals surface area contributed by atoms with Crippen LogP contribution in [0.3, 0.4) is 0 Å². The molecular weight excluding hydrogens is 374 g/mol. The lowest BCUT2D eigenvalue weighted by Gasteiger charge is -2.28. The Bertz CT molecular complexity index is 1020. The van der Waals surface area contributed by atoms with Crippen molar-refractivity contribution in [3.05, 3.63) is 101 Å². The van der Waals surface area contributed by atoms with Crippen LogP contribution >= 0.6 is 0 Å². The Morgan fingerprint density at radius 3 is 2.50 bits per heavy atom. The first-order valence-corrected chi connectivity index (χ1v) is 10.3. The Kier molecular flexibility index (Phi) is 5.89. The van der Waals surface area contributed by atoms with Crippen LogP contribution in [0.15, 0.2) is 72.9 Å². The predicted octanol–water partition coefficient (Wildman–Crippen LogP) is 3.94. The number of carbonyl (C=O) groups excluding carboxylic acids is 2. The van der Waals surface area contributed by atoms with Gasteiger partial charge in [0.15, 0.2) is 0 Å². The number of benzene rings is 2. The molecule has 2 heterocycles. The highest BCUT2D eigenvalue weighted by Crippen LogP contribution is 2.20. The van der Waals surface area contributed by atoms with Crippen LogP contribution in [0.5, 0.6) is 0 Å². The van der Waals surface area contributed by atoms with Gasteiger partial charge in [-0.2, -0.15) is 0 Å². The van der Waals surface area contributed by atoms with Gasteiger partial charge in [0, 0.05) is 37.9 Å². The summed E-state index contributed by atoms with van der Waals surface area (Å²) in [6.45, 7) is 4.31. The van der Waals surface area contributed by atoms with E-state index in [-0.39, 0.29) is 11.8 Å². The summed E-state index contributed by atoms with van der Waals surface area (Å²) in [6, 6.07) is 21.4. The number of hydrogen-bond donors (Lipinski definition) is 0. The van der Waals surface area contributed by atoms with Gasteiger partial charge in [-0.3, -0.25) is 14.6 Å². The highest BCUT2D eigenvalue weighted by atomic mass is 16.2. The quantitative estimate of drug-likeness (QED) is 0.653. The van der Waals surface area contributed by atoms with Crippen molar-refractivity contribution in [2.24, 2.45) is 0 Å². The minimum atomic E-state index is -0.134. The molecule has 5 nitrogen and oxygen atoms in total. The Labute approximate surface area is 177 Å². The molecule has 0 radical (unpaired) electrons. The lowest BCUT2D eigenvalue weighted by Crippen LogP contribution is -2.36. The van der Waals surface area contributed by atoms with Gasteiger partial charge in [0.1, 0.15) is 5.69 Å². The summed E-state index contributed by atoms with van der Waals surface area (Å²) in [6.07, 6.45) is 2.38. The van der Waals surface area contributed by atoms with Crippen molar-refractivity contribution in [1.29, 1.82) is 0 Å². The van der Waals surface area contributed by atoms with Crippen LogP contribution in [0.1, 0.15) is 44.5 Å². The number of aromatic nitrogens is 1. The predicted molar refractivity (Wildman–Crippen MR) is 116 cm³/mol. The van der Waals surface area contributed by atoms with E-state index in [4.69, 9.17) is 0 Å². The molecule has 4 rings (SSSR count). The van der Waals surface area contributed by atoms with E-state index < -0.39 is 0 Å². The molecule has 0 bridgehead atoms. The molecule has 30 heavy (non-hydrogen) atoms. The zero-order valence-electron chi connectivity index (χ0n) is 17.1. The number of nitrogens with zero attached hydrogens (tertiary/aromatic N) is 3. The molecule has 3 aromatic rings. The van der Waals surface area contributed by atoms with Crippen molar-refractivity contribution >= 4 is 11.8 Å². The molecule has 1 aliphatic rings. The van der Waals surface area contributed by atoms with Crippen LogP contribution in [-0.2, 0) is 19.5 Å². The highest BCUT2D eigenvalue weighted by molar-refractivity contribution is 5.98.